The predicted octanol–water partition coefficient (Wildman–Crippen LogP) is 1.34. The van der Waals surface area contributed by atoms with Crippen LogP contribution in [0.4, 0.5) is 26.3 Å². The summed E-state index contributed by atoms with van der Waals surface area (Å²) >= 11 is 0. The molecule has 0 unspecified atom stereocenters. The van der Waals surface area contributed by atoms with Crippen molar-refractivity contribution in [1.29, 1.82) is 0 Å². The Kier molecular flexibility index (Phi) is 7.39. The van der Waals surface area contributed by atoms with Crippen LogP contribution in [-0.2, 0) is 20.2 Å². The van der Waals surface area contributed by atoms with Gasteiger partial charge in [-0.05, 0) is 60.7 Å². The number of rotatable bonds is 8. The Morgan fingerprint density at radius 1 is 0.478 bits per heavy atom. The van der Waals surface area contributed by atoms with E-state index in [9.17, 15) is 62.4 Å². The van der Waals surface area contributed by atoms with Gasteiger partial charge in [0, 0.05) is 0 Å². The van der Waals surface area contributed by atoms with E-state index in [0.29, 0.717) is 60.7 Å². The maximum Gasteiger partial charge on any atom is 0.573 e. The molecule has 0 aliphatic rings. The molecular formula is C24H10F6N2O12S2. The molecule has 0 saturated heterocycles. The molecule has 14 nitrogen and oxygen atoms in total. The molecule has 22 heteroatoms. The number of ether oxygens (including phenoxy) is 2. The number of hydrogen-bond donors (Lipinski definition) is 0. The summed E-state index contributed by atoms with van der Waals surface area (Å²) in [6.07, 6.45) is -10.2. The summed E-state index contributed by atoms with van der Waals surface area (Å²) in [4.78, 5) is 49.9. The zero-order chi connectivity index (χ0) is 34.0. The van der Waals surface area contributed by atoms with E-state index in [1.807, 2.05) is 0 Å². The first-order valence-electron chi connectivity index (χ1n) is 11.7. The van der Waals surface area contributed by atoms with Gasteiger partial charge in [0.25, 0.3) is 22.2 Å². The molecule has 0 aliphatic carbocycles. The summed E-state index contributed by atoms with van der Waals surface area (Å²) in [6.45, 7) is 0. The van der Waals surface area contributed by atoms with Gasteiger partial charge in [-0.1, -0.05) is 9.46 Å². The Labute approximate surface area is 248 Å². The summed E-state index contributed by atoms with van der Waals surface area (Å²) in [6, 6.07) is 6.23. The van der Waals surface area contributed by atoms with Crippen LogP contribution in [0.2, 0.25) is 0 Å². The van der Waals surface area contributed by atoms with Crippen LogP contribution in [0.15, 0.2) is 89.6 Å². The zero-order valence-electron chi connectivity index (χ0n) is 21.7. The Bertz CT molecular complexity index is 2190. The van der Waals surface area contributed by atoms with Crippen molar-refractivity contribution in [3.05, 3.63) is 102 Å². The van der Waals surface area contributed by atoms with Crippen molar-refractivity contribution in [3.8, 4) is 11.5 Å². The second kappa shape index (κ2) is 10.6. The fourth-order valence-electron chi connectivity index (χ4n) is 3.96. The van der Waals surface area contributed by atoms with Gasteiger partial charge in [-0.3, -0.25) is 27.7 Å². The monoisotopic (exact) mass is 696 g/mol. The highest BCUT2D eigenvalue weighted by molar-refractivity contribution is 7.87. The molecule has 0 bridgehead atoms. The molecule has 5 rings (SSSR count). The fourth-order valence-corrected chi connectivity index (χ4v) is 5.74. The van der Waals surface area contributed by atoms with Gasteiger partial charge in [0.1, 0.15) is 21.3 Å². The van der Waals surface area contributed by atoms with E-state index in [2.05, 4.69) is 18.0 Å². The number of nitrogens with zero attached hydrogens (tertiary/aromatic N) is 2. The number of benzene rings is 3. The van der Waals surface area contributed by atoms with Gasteiger partial charge in [-0.15, -0.1) is 26.3 Å². The third kappa shape index (κ3) is 6.10. The van der Waals surface area contributed by atoms with Crippen LogP contribution in [0.25, 0.3) is 21.5 Å². The Hall–Kier alpha value is -5.38. The second-order valence-corrected chi connectivity index (χ2v) is 11.9. The first-order valence-corrected chi connectivity index (χ1v) is 14.5. The average Bonchev–Trinajstić information content (AvgIpc) is 3.30. The van der Waals surface area contributed by atoms with Crippen molar-refractivity contribution in [2.75, 3.05) is 0 Å². The Balaban J connectivity index is 1.48. The van der Waals surface area contributed by atoms with Gasteiger partial charge < -0.3 is 9.47 Å². The molecule has 0 fully saturated rings. The summed E-state index contributed by atoms with van der Waals surface area (Å²) in [5.41, 5.74) is -5.85. The van der Waals surface area contributed by atoms with E-state index in [1.165, 1.54) is 0 Å². The minimum Gasteiger partial charge on any atom is -0.406 e. The third-order valence-electron chi connectivity index (χ3n) is 5.85. The molecule has 0 atom stereocenters. The summed E-state index contributed by atoms with van der Waals surface area (Å²) < 4.78 is 141. The lowest BCUT2D eigenvalue weighted by molar-refractivity contribution is -0.275. The normalized spacial score (nSPS) is 12.8. The number of alkyl halides is 6. The van der Waals surface area contributed by atoms with Gasteiger partial charge in [0.15, 0.2) is 0 Å². The predicted molar refractivity (Wildman–Crippen MR) is 139 cm³/mol. The largest absolute Gasteiger partial charge is 0.573 e. The molecule has 0 radical (unpaired) electrons. The molecule has 0 N–H and O–H groups in total. The van der Waals surface area contributed by atoms with Gasteiger partial charge in [0.2, 0.25) is 0 Å². The first-order chi connectivity index (χ1) is 21.2. The topological polar surface area (TPSA) is 183 Å². The molecule has 3 aromatic carbocycles. The molecule has 0 spiro atoms. The van der Waals surface area contributed by atoms with E-state index in [-0.39, 0.29) is 9.46 Å². The lowest BCUT2D eigenvalue weighted by Gasteiger charge is -2.09. The molecule has 0 saturated carbocycles. The van der Waals surface area contributed by atoms with E-state index in [1.54, 1.807) is 0 Å². The quantitative estimate of drug-likeness (QED) is 0.213. The fraction of sp³-hybridized carbons (Fsp3) is 0.0833. The molecule has 0 amide bonds. The summed E-state index contributed by atoms with van der Waals surface area (Å²) in [5, 5.41) is -2.67. The van der Waals surface area contributed by atoms with Crippen molar-refractivity contribution in [1.82, 2.24) is 9.46 Å². The highest BCUT2D eigenvalue weighted by Gasteiger charge is 2.33. The van der Waals surface area contributed by atoms with Crippen LogP contribution in [0.3, 0.4) is 0 Å². The number of aromatic nitrogens is 2. The van der Waals surface area contributed by atoms with Crippen molar-refractivity contribution in [2.45, 2.75) is 22.5 Å². The lowest BCUT2D eigenvalue weighted by atomic mass is 10.1. The van der Waals surface area contributed by atoms with Crippen LogP contribution in [0, 0.1) is 0 Å². The first kappa shape index (κ1) is 32.0. The van der Waals surface area contributed by atoms with Gasteiger partial charge in [-0.25, -0.2) is 0 Å². The molecule has 242 valence electrons. The average molecular weight is 696 g/mol. The van der Waals surface area contributed by atoms with Crippen molar-refractivity contribution in [2.24, 2.45) is 0 Å². The Morgan fingerprint density at radius 2 is 0.739 bits per heavy atom. The van der Waals surface area contributed by atoms with Gasteiger partial charge >= 0.3 is 33.0 Å². The van der Waals surface area contributed by atoms with Crippen LogP contribution in [-0.4, -0.2) is 39.0 Å². The number of hydrogen-bond acceptors (Lipinski definition) is 12. The molecule has 5 aromatic rings. The molecular weight excluding hydrogens is 686 g/mol. The van der Waals surface area contributed by atoms with Crippen LogP contribution < -0.4 is 40.3 Å². The molecule has 0 aliphatic heterocycles. The van der Waals surface area contributed by atoms with Crippen molar-refractivity contribution in [3.63, 3.8) is 0 Å². The smallest absolute Gasteiger partial charge is 0.406 e. The second-order valence-electron chi connectivity index (χ2n) is 8.85. The molecule has 46 heavy (non-hydrogen) atoms. The van der Waals surface area contributed by atoms with Gasteiger partial charge in [-0.2, -0.15) is 16.8 Å². The Morgan fingerprint density at radius 3 is 0.978 bits per heavy atom. The maximum atomic E-state index is 12.9. The van der Waals surface area contributed by atoms with Crippen molar-refractivity contribution < 1.29 is 61.2 Å². The minimum absolute atomic E-state index is 0.255. The van der Waals surface area contributed by atoms with E-state index in [4.69, 9.17) is 0 Å². The van der Waals surface area contributed by atoms with E-state index < -0.39 is 98.0 Å². The van der Waals surface area contributed by atoms with Crippen LogP contribution in [0.1, 0.15) is 0 Å². The zero-order valence-corrected chi connectivity index (χ0v) is 23.3. The maximum absolute atomic E-state index is 12.9. The van der Waals surface area contributed by atoms with E-state index in [0.717, 1.165) is 0 Å². The molecule has 2 aromatic heterocycles. The minimum atomic E-state index is -5.08. The highest BCUT2D eigenvalue weighted by atomic mass is 32.2. The van der Waals surface area contributed by atoms with Gasteiger partial charge in [0.05, 0.1) is 21.5 Å². The SMILES string of the molecule is O=c1c2cc3c(=O)n(OS(=O)(=O)c4ccc(OC(F)(F)F)cc4)c(=O)c3cc2c(=O)n1OS(=O)(=O)c1ccc(OC(F)(F)F)cc1. The lowest BCUT2D eigenvalue weighted by Crippen LogP contribution is -2.36. The highest BCUT2D eigenvalue weighted by Crippen LogP contribution is 2.25. The number of halogens is 6. The van der Waals surface area contributed by atoms with Crippen molar-refractivity contribution >= 4 is 41.8 Å². The van der Waals surface area contributed by atoms with Crippen LogP contribution in [0.5, 0.6) is 11.5 Å². The third-order valence-corrected chi connectivity index (χ3v) is 8.24. The standard InChI is InChI=1S/C24H10F6N2O12S2/c25-23(26,27)41-11-1-5-13(6-2-11)45(37,38)43-31-19(33)15-9-17-18(10-16(15)20(31)34)22(36)32(21(17)35)44-46(39,40)14-7-3-12(4-8-14)42-24(28,29)30/h1-10H. The van der Waals surface area contributed by atoms with Crippen LogP contribution >= 0.6 is 0 Å². The molecule has 2 heterocycles. The van der Waals surface area contributed by atoms with E-state index >= 15 is 0 Å². The number of fused-ring (bicyclic) bond motifs is 2. The summed E-state index contributed by atoms with van der Waals surface area (Å²) in [7, 11) is -10.1. The summed E-state index contributed by atoms with van der Waals surface area (Å²) in [5.74, 6) is -1.59.